The van der Waals surface area contributed by atoms with Gasteiger partial charge in [-0.05, 0) is 74.0 Å². The summed E-state index contributed by atoms with van der Waals surface area (Å²) in [5.74, 6) is 5.48. The van der Waals surface area contributed by atoms with Crippen LogP contribution in [0.5, 0.6) is 0 Å². The minimum atomic E-state index is 0.412. The number of ether oxygens (including phenoxy) is 1. The van der Waals surface area contributed by atoms with E-state index in [1.165, 1.54) is 32.1 Å². The number of rotatable bonds is 5. The van der Waals surface area contributed by atoms with Gasteiger partial charge >= 0.3 is 0 Å². The SMILES string of the molecule is COCCC(C)C(N)C1C2CC3CC(C2)CC1C3. The van der Waals surface area contributed by atoms with Gasteiger partial charge in [0.15, 0.2) is 0 Å². The lowest BCUT2D eigenvalue weighted by atomic mass is 9.50. The van der Waals surface area contributed by atoms with Crippen molar-refractivity contribution in [3.63, 3.8) is 0 Å². The molecule has 0 aromatic rings. The minimum Gasteiger partial charge on any atom is -0.385 e. The van der Waals surface area contributed by atoms with E-state index in [-0.39, 0.29) is 0 Å². The predicted molar refractivity (Wildman–Crippen MR) is 74.2 cm³/mol. The zero-order chi connectivity index (χ0) is 12.7. The van der Waals surface area contributed by atoms with Gasteiger partial charge in [0.25, 0.3) is 0 Å². The van der Waals surface area contributed by atoms with Crippen LogP contribution < -0.4 is 5.73 Å². The lowest BCUT2D eigenvalue weighted by Gasteiger charge is -2.56. The number of hydrogen-bond acceptors (Lipinski definition) is 2. The quantitative estimate of drug-likeness (QED) is 0.815. The summed E-state index contributed by atoms with van der Waals surface area (Å²) < 4.78 is 5.21. The van der Waals surface area contributed by atoms with Crippen LogP contribution in [-0.2, 0) is 4.74 Å². The van der Waals surface area contributed by atoms with Crippen molar-refractivity contribution in [2.45, 2.75) is 51.5 Å². The number of methoxy groups -OCH3 is 1. The Morgan fingerprint density at radius 3 is 2.11 bits per heavy atom. The van der Waals surface area contributed by atoms with Crippen molar-refractivity contribution < 1.29 is 4.74 Å². The molecule has 0 amide bonds. The molecule has 0 heterocycles. The molecule has 4 aliphatic rings. The van der Waals surface area contributed by atoms with Gasteiger partial charge < -0.3 is 10.5 Å². The second-order valence-electron chi connectivity index (χ2n) is 7.34. The van der Waals surface area contributed by atoms with E-state index in [2.05, 4.69) is 6.92 Å². The zero-order valence-electron chi connectivity index (χ0n) is 12.0. The fourth-order valence-corrected chi connectivity index (χ4v) is 5.47. The van der Waals surface area contributed by atoms with Crippen LogP contribution in [0.25, 0.3) is 0 Å². The Kier molecular flexibility index (Phi) is 3.68. The van der Waals surface area contributed by atoms with E-state index in [1.54, 1.807) is 7.11 Å². The molecule has 4 bridgehead atoms. The molecule has 4 saturated carbocycles. The van der Waals surface area contributed by atoms with Gasteiger partial charge in [-0.2, -0.15) is 0 Å². The van der Waals surface area contributed by atoms with Crippen LogP contribution in [0, 0.1) is 35.5 Å². The van der Waals surface area contributed by atoms with Crippen LogP contribution in [0.4, 0.5) is 0 Å². The summed E-state index contributed by atoms with van der Waals surface area (Å²) in [6, 6.07) is 0.412. The normalized spacial score (nSPS) is 45.2. The van der Waals surface area contributed by atoms with Gasteiger partial charge in [-0.1, -0.05) is 6.92 Å². The van der Waals surface area contributed by atoms with Crippen molar-refractivity contribution in [2.75, 3.05) is 13.7 Å². The van der Waals surface area contributed by atoms with Crippen molar-refractivity contribution >= 4 is 0 Å². The van der Waals surface area contributed by atoms with E-state index < -0.39 is 0 Å². The maximum Gasteiger partial charge on any atom is 0.0465 e. The van der Waals surface area contributed by atoms with Crippen LogP contribution in [0.1, 0.15) is 45.4 Å². The number of nitrogens with two attached hydrogens (primary N) is 1. The lowest BCUT2D eigenvalue weighted by Crippen LogP contribution is -2.53. The van der Waals surface area contributed by atoms with Crippen molar-refractivity contribution in [2.24, 2.45) is 41.2 Å². The van der Waals surface area contributed by atoms with E-state index in [0.29, 0.717) is 12.0 Å². The van der Waals surface area contributed by atoms with Crippen LogP contribution >= 0.6 is 0 Å². The Morgan fingerprint density at radius 2 is 1.61 bits per heavy atom. The molecule has 0 aromatic heterocycles. The van der Waals surface area contributed by atoms with E-state index in [9.17, 15) is 0 Å². The Hall–Kier alpha value is -0.0800. The van der Waals surface area contributed by atoms with Gasteiger partial charge in [-0.15, -0.1) is 0 Å². The molecule has 0 spiro atoms. The Morgan fingerprint density at radius 1 is 1.06 bits per heavy atom. The highest BCUT2D eigenvalue weighted by atomic mass is 16.5. The van der Waals surface area contributed by atoms with Crippen molar-refractivity contribution in [1.29, 1.82) is 0 Å². The number of hydrogen-bond donors (Lipinski definition) is 1. The lowest BCUT2D eigenvalue weighted by molar-refractivity contribution is -0.0546. The monoisotopic (exact) mass is 251 g/mol. The first-order valence-corrected chi connectivity index (χ1v) is 7.93. The molecular weight excluding hydrogens is 222 g/mol. The molecule has 0 saturated heterocycles. The van der Waals surface area contributed by atoms with Crippen molar-refractivity contribution in [3.8, 4) is 0 Å². The molecule has 2 N–H and O–H groups in total. The zero-order valence-corrected chi connectivity index (χ0v) is 12.0. The fraction of sp³-hybridized carbons (Fsp3) is 1.00. The van der Waals surface area contributed by atoms with Crippen LogP contribution in [-0.4, -0.2) is 19.8 Å². The summed E-state index contributed by atoms with van der Waals surface area (Å²) in [5, 5.41) is 0. The van der Waals surface area contributed by atoms with Gasteiger partial charge in [-0.25, -0.2) is 0 Å². The molecule has 4 fully saturated rings. The second kappa shape index (κ2) is 5.13. The summed E-state index contributed by atoms with van der Waals surface area (Å²) in [4.78, 5) is 0. The van der Waals surface area contributed by atoms with Gasteiger partial charge in [0.2, 0.25) is 0 Å². The maximum atomic E-state index is 6.63. The van der Waals surface area contributed by atoms with E-state index >= 15 is 0 Å². The van der Waals surface area contributed by atoms with E-state index in [4.69, 9.17) is 10.5 Å². The fourth-order valence-electron chi connectivity index (χ4n) is 5.47. The first kappa shape index (κ1) is 12.9. The highest BCUT2D eigenvalue weighted by molar-refractivity contribution is 5.01. The Balaban J connectivity index is 1.65. The topological polar surface area (TPSA) is 35.2 Å². The molecule has 18 heavy (non-hydrogen) atoms. The summed E-state index contributed by atoms with van der Waals surface area (Å²) in [6.07, 6.45) is 8.62. The molecule has 0 radical (unpaired) electrons. The largest absolute Gasteiger partial charge is 0.385 e. The molecule has 104 valence electrons. The van der Waals surface area contributed by atoms with Gasteiger partial charge in [-0.3, -0.25) is 0 Å². The average Bonchev–Trinajstić information content (AvgIpc) is 2.34. The smallest absolute Gasteiger partial charge is 0.0465 e. The molecule has 2 unspecified atom stereocenters. The Bertz CT molecular complexity index is 263. The van der Waals surface area contributed by atoms with Crippen molar-refractivity contribution in [1.82, 2.24) is 0 Å². The third kappa shape index (κ3) is 2.22. The minimum absolute atomic E-state index is 0.412. The average molecular weight is 251 g/mol. The molecule has 2 nitrogen and oxygen atoms in total. The van der Waals surface area contributed by atoms with Crippen molar-refractivity contribution in [3.05, 3.63) is 0 Å². The van der Waals surface area contributed by atoms with E-state index in [0.717, 1.165) is 42.6 Å². The van der Waals surface area contributed by atoms with Crippen LogP contribution in [0.2, 0.25) is 0 Å². The standard InChI is InChI=1S/C16H29NO/c1-10(3-4-18-2)16(17)15-13-6-11-5-12(8-13)9-14(15)7-11/h10-16H,3-9,17H2,1-2H3. The molecule has 4 rings (SSSR count). The second-order valence-corrected chi connectivity index (χ2v) is 7.34. The van der Waals surface area contributed by atoms with Gasteiger partial charge in [0, 0.05) is 19.8 Å². The molecular formula is C16H29NO. The molecule has 0 aliphatic heterocycles. The summed E-state index contributed by atoms with van der Waals surface area (Å²) in [6.45, 7) is 3.19. The van der Waals surface area contributed by atoms with Gasteiger partial charge in [0.05, 0.1) is 0 Å². The molecule has 0 aromatic carbocycles. The van der Waals surface area contributed by atoms with E-state index in [1.807, 2.05) is 0 Å². The predicted octanol–water partition coefficient (Wildman–Crippen LogP) is 3.06. The first-order chi connectivity index (χ1) is 8.69. The molecule has 2 heteroatoms. The molecule has 2 atom stereocenters. The summed E-state index contributed by atoms with van der Waals surface area (Å²) in [7, 11) is 1.79. The highest BCUT2D eigenvalue weighted by Gasteiger charge is 2.50. The Labute approximate surface area is 112 Å². The van der Waals surface area contributed by atoms with Crippen LogP contribution in [0.3, 0.4) is 0 Å². The third-order valence-electron chi connectivity index (χ3n) is 6.18. The van der Waals surface area contributed by atoms with Gasteiger partial charge in [0.1, 0.15) is 0 Å². The molecule has 4 aliphatic carbocycles. The highest BCUT2D eigenvalue weighted by Crippen LogP contribution is 2.57. The first-order valence-electron chi connectivity index (χ1n) is 7.93. The van der Waals surface area contributed by atoms with Crippen LogP contribution in [0.15, 0.2) is 0 Å². The maximum absolute atomic E-state index is 6.63. The summed E-state index contributed by atoms with van der Waals surface area (Å²) >= 11 is 0. The third-order valence-corrected chi connectivity index (χ3v) is 6.18. The summed E-state index contributed by atoms with van der Waals surface area (Å²) in [5.41, 5.74) is 6.63.